The van der Waals surface area contributed by atoms with Gasteiger partial charge in [0.2, 0.25) is 5.91 Å². The molecule has 0 saturated carbocycles. The fourth-order valence-electron chi connectivity index (χ4n) is 2.37. The van der Waals surface area contributed by atoms with Gasteiger partial charge in [-0.05, 0) is 32.1 Å². The van der Waals surface area contributed by atoms with Crippen LogP contribution in [-0.2, 0) is 9.59 Å². The Morgan fingerprint density at radius 2 is 1.95 bits per heavy atom. The molecule has 1 aromatic rings. The summed E-state index contributed by atoms with van der Waals surface area (Å²) in [5, 5.41) is 0. The molecule has 102 valence electrons. The van der Waals surface area contributed by atoms with E-state index in [9.17, 15) is 9.59 Å². The van der Waals surface area contributed by atoms with E-state index in [2.05, 4.69) is 6.92 Å². The summed E-state index contributed by atoms with van der Waals surface area (Å²) in [6.45, 7) is 2.97. The van der Waals surface area contributed by atoms with Gasteiger partial charge in [0.1, 0.15) is 0 Å². The Labute approximate surface area is 114 Å². The lowest BCUT2D eigenvalue weighted by atomic mass is 10.2. The van der Waals surface area contributed by atoms with Crippen LogP contribution >= 0.6 is 0 Å². The van der Waals surface area contributed by atoms with Crippen molar-refractivity contribution >= 4 is 17.5 Å². The molecule has 1 fully saturated rings. The zero-order valence-corrected chi connectivity index (χ0v) is 11.5. The van der Waals surface area contributed by atoms with Gasteiger partial charge in [-0.2, -0.15) is 0 Å². The summed E-state index contributed by atoms with van der Waals surface area (Å²) in [7, 11) is 1.92. The molecule has 2 amide bonds. The van der Waals surface area contributed by atoms with E-state index < -0.39 is 0 Å². The van der Waals surface area contributed by atoms with Crippen molar-refractivity contribution in [1.29, 1.82) is 0 Å². The van der Waals surface area contributed by atoms with Crippen LogP contribution in [0.3, 0.4) is 0 Å². The molecule has 1 saturated heterocycles. The van der Waals surface area contributed by atoms with E-state index in [1.165, 1.54) is 4.90 Å². The Hall–Kier alpha value is -1.68. The predicted molar refractivity (Wildman–Crippen MR) is 74.9 cm³/mol. The Kier molecular flexibility index (Phi) is 4.32. The maximum absolute atomic E-state index is 12.4. The highest BCUT2D eigenvalue weighted by Crippen LogP contribution is 2.24. The first kappa shape index (κ1) is 13.7. The van der Waals surface area contributed by atoms with Gasteiger partial charge in [0, 0.05) is 0 Å². The number of rotatable bonds is 5. The van der Waals surface area contributed by atoms with Gasteiger partial charge in [-0.15, -0.1) is 0 Å². The maximum atomic E-state index is 12.4. The predicted octanol–water partition coefficient (Wildman–Crippen LogP) is 2.05. The van der Waals surface area contributed by atoms with Gasteiger partial charge in [-0.3, -0.25) is 14.5 Å². The highest BCUT2D eigenvalue weighted by Gasteiger charge is 2.41. The van der Waals surface area contributed by atoms with E-state index in [1.807, 2.05) is 30.1 Å². The first-order valence-corrected chi connectivity index (χ1v) is 6.77. The van der Waals surface area contributed by atoms with E-state index in [-0.39, 0.29) is 24.3 Å². The van der Waals surface area contributed by atoms with Crippen molar-refractivity contribution in [3.63, 3.8) is 0 Å². The number of carbonyl (C=O) groups excluding carboxylic acids is 2. The fourth-order valence-corrected chi connectivity index (χ4v) is 2.37. The van der Waals surface area contributed by atoms with Crippen molar-refractivity contribution in [2.24, 2.45) is 0 Å². The molecule has 0 aliphatic carbocycles. The SMILES string of the molecule is CCCCN(C)[C@@H]1CC(=O)N(c2ccccc2)C1=O. The lowest BCUT2D eigenvalue weighted by molar-refractivity contribution is -0.122. The van der Waals surface area contributed by atoms with Crippen molar-refractivity contribution in [2.45, 2.75) is 32.2 Å². The number of hydrogen-bond acceptors (Lipinski definition) is 3. The smallest absolute Gasteiger partial charge is 0.251 e. The molecule has 0 spiro atoms. The molecule has 0 unspecified atom stereocenters. The van der Waals surface area contributed by atoms with Crippen molar-refractivity contribution in [2.75, 3.05) is 18.5 Å². The number of para-hydroxylation sites is 1. The standard InChI is InChI=1S/C15H20N2O2/c1-3-4-10-16(2)13-11-14(18)17(15(13)19)12-8-6-5-7-9-12/h5-9,13H,3-4,10-11H2,1-2H3/t13-/m1/s1. The highest BCUT2D eigenvalue weighted by molar-refractivity contribution is 6.22. The van der Waals surface area contributed by atoms with Gasteiger partial charge in [-0.25, -0.2) is 4.90 Å². The molecule has 4 heteroatoms. The highest BCUT2D eigenvalue weighted by atomic mass is 16.2. The summed E-state index contributed by atoms with van der Waals surface area (Å²) < 4.78 is 0. The van der Waals surface area contributed by atoms with E-state index >= 15 is 0 Å². The fraction of sp³-hybridized carbons (Fsp3) is 0.467. The van der Waals surface area contributed by atoms with E-state index in [0.717, 1.165) is 19.4 Å². The van der Waals surface area contributed by atoms with Crippen LogP contribution in [0.1, 0.15) is 26.2 Å². The van der Waals surface area contributed by atoms with Crippen LogP contribution < -0.4 is 4.90 Å². The Balaban J connectivity index is 2.13. The molecule has 1 aromatic carbocycles. The average Bonchev–Trinajstić information content (AvgIpc) is 2.72. The van der Waals surface area contributed by atoms with Crippen molar-refractivity contribution in [3.05, 3.63) is 30.3 Å². The lowest BCUT2D eigenvalue weighted by Crippen LogP contribution is -2.40. The number of carbonyl (C=O) groups is 2. The molecule has 0 N–H and O–H groups in total. The molecule has 19 heavy (non-hydrogen) atoms. The van der Waals surface area contributed by atoms with Crippen LogP contribution in [0.15, 0.2) is 30.3 Å². The third kappa shape index (κ3) is 2.84. The maximum Gasteiger partial charge on any atom is 0.251 e. The van der Waals surface area contributed by atoms with Crippen LogP contribution in [-0.4, -0.2) is 36.3 Å². The summed E-state index contributed by atoms with van der Waals surface area (Å²) in [5.74, 6) is -0.209. The number of unbranched alkanes of at least 4 members (excludes halogenated alkanes) is 1. The zero-order valence-electron chi connectivity index (χ0n) is 11.5. The normalized spacial score (nSPS) is 19.5. The molecular weight excluding hydrogens is 240 g/mol. The minimum atomic E-state index is -0.306. The number of anilines is 1. The lowest BCUT2D eigenvalue weighted by Gasteiger charge is -2.22. The topological polar surface area (TPSA) is 40.6 Å². The minimum absolute atomic E-state index is 0.102. The third-order valence-electron chi connectivity index (χ3n) is 3.53. The summed E-state index contributed by atoms with van der Waals surface area (Å²) in [5.41, 5.74) is 0.670. The number of amides is 2. The Bertz CT molecular complexity index is 458. The van der Waals surface area contributed by atoms with Crippen molar-refractivity contribution < 1.29 is 9.59 Å². The number of imide groups is 1. The van der Waals surface area contributed by atoms with Gasteiger partial charge < -0.3 is 0 Å². The second kappa shape index (κ2) is 5.97. The van der Waals surface area contributed by atoms with Crippen LogP contribution in [0.4, 0.5) is 5.69 Å². The third-order valence-corrected chi connectivity index (χ3v) is 3.53. The van der Waals surface area contributed by atoms with Crippen LogP contribution in [0.5, 0.6) is 0 Å². The molecular formula is C15H20N2O2. The number of nitrogens with zero attached hydrogens (tertiary/aromatic N) is 2. The second-order valence-electron chi connectivity index (χ2n) is 4.96. The largest absolute Gasteiger partial charge is 0.295 e. The molecule has 1 aliphatic heterocycles. The molecule has 0 aromatic heterocycles. The van der Waals surface area contributed by atoms with Crippen LogP contribution in [0.25, 0.3) is 0 Å². The Morgan fingerprint density at radius 1 is 1.26 bits per heavy atom. The quantitative estimate of drug-likeness (QED) is 0.761. The van der Waals surface area contributed by atoms with Crippen LogP contribution in [0.2, 0.25) is 0 Å². The molecule has 0 radical (unpaired) electrons. The summed E-state index contributed by atoms with van der Waals surface area (Å²) in [6.07, 6.45) is 2.41. The summed E-state index contributed by atoms with van der Waals surface area (Å²) >= 11 is 0. The average molecular weight is 260 g/mol. The van der Waals surface area contributed by atoms with Gasteiger partial charge in [0.25, 0.3) is 5.91 Å². The molecule has 2 rings (SSSR count). The molecule has 1 heterocycles. The molecule has 4 nitrogen and oxygen atoms in total. The number of hydrogen-bond donors (Lipinski definition) is 0. The molecule has 0 bridgehead atoms. The minimum Gasteiger partial charge on any atom is -0.295 e. The van der Waals surface area contributed by atoms with Gasteiger partial charge in [-0.1, -0.05) is 31.5 Å². The zero-order chi connectivity index (χ0) is 13.8. The van der Waals surface area contributed by atoms with Crippen molar-refractivity contribution in [1.82, 2.24) is 4.90 Å². The first-order valence-electron chi connectivity index (χ1n) is 6.77. The van der Waals surface area contributed by atoms with Gasteiger partial charge in [0.05, 0.1) is 18.2 Å². The van der Waals surface area contributed by atoms with E-state index in [1.54, 1.807) is 12.1 Å². The first-order chi connectivity index (χ1) is 9.15. The second-order valence-corrected chi connectivity index (χ2v) is 4.96. The van der Waals surface area contributed by atoms with Gasteiger partial charge in [0.15, 0.2) is 0 Å². The summed E-state index contributed by atoms with van der Waals surface area (Å²) in [6, 6.07) is 8.83. The van der Waals surface area contributed by atoms with E-state index in [4.69, 9.17) is 0 Å². The van der Waals surface area contributed by atoms with Crippen molar-refractivity contribution in [3.8, 4) is 0 Å². The number of likely N-dealkylation sites (N-methyl/N-ethyl adjacent to an activating group) is 1. The number of benzene rings is 1. The molecule has 1 aliphatic rings. The van der Waals surface area contributed by atoms with E-state index in [0.29, 0.717) is 5.69 Å². The summed E-state index contributed by atoms with van der Waals surface area (Å²) in [4.78, 5) is 27.7. The van der Waals surface area contributed by atoms with Gasteiger partial charge >= 0.3 is 0 Å². The Morgan fingerprint density at radius 3 is 2.58 bits per heavy atom. The monoisotopic (exact) mass is 260 g/mol. The molecule has 1 atom stereocenters. The van der Waals surface area contributed by atoms with Crippen LogP contribution in [0, 0.1) is 0 Å².